The zero-order valence-electron chi connectivity index (χ0n) is 13.1. The summed E-state index contributed by atoms with van der Waals surface area (Å²) >= 11 is 0. The van der Waals surface area contributed by atoms with E-state index >= 15 is 0 Å². The molecular formula is C16H26N4O. The van der Waals surface area contributed by atoms with Gasteiger partial charge >= 0.3 is 6.03 Å². The Hall–Kier alpha value is -1.78. The predicted octanol–water partition coefficient (Wildman–Crippen LogP) is 2.49. The number of amides is 2. The third-order valence-electron chi connectivity index (χ3n) is 4.05. The van der Waals surface area contributed by atoms with E-state index in [0.717, 1.165) is 45.4 Å². The van der Waals surface area contributed by atoms with E-state index in [1.165, 1.54) is 5.69 Å². The average Bonchev–Trinajstić information content (AvgIpc) is 2.55. The van der Waals surface area contributed by atoms with Gasteiger partial charge in [-0.15, -0.1) is 0 Å². The Kier molecular flexibility index (Phi) is 5.84. The van der Waals surface area contributed by atoms with Gasteiger partial charge in [0.25, 0.3) is 0 Å². The lowest BCUT2D eigenvalue weighted by Gasteiger charge is -2.36. The molecule has 21 heavy (non-hydrogen) atoms. The van der Waals surface area contributed by atoms with Crippen LogP contribution in [0, 0.1) is 0 Å². The van der Waals surface area contributed by atoms with Crippen LogP contribution in [0.3, 0.4) is 0 Å². The molecule has 0 radical (unpaired) electrons. The van der Waals surface area contributed by atoms with Crippen LogP contribution in [0.2, 0.25) is 0 Å². The summed E-state index contributed by atoms with van der Waals surface area (Å²) in [4.78, 5) is 20.5. The van der Waals surface area contributed by atoms with Gasteiger partial charge in [0.05, 0.1) is 0 Å². The second-order valence-corrected chi connectivity index (χ2v) is 5.52. The minimum Gasteiger partial charge on any atom is -0.368 e. The number of rotatable bonds is 5. The van der Waals surface area contributed by atoms with Gasteiger partial charge in [0, 0.05) is 50.3 Å². The Morgan fingerprint density at radius 2 is 1.90 bits per heavy atom. The number of anilines is 1. The van der Waals surface area contributed by atoms with Crippen LogP contribution >= 0.6 is 0 Å². The number of hydrogen-bond acceptors (Lipinski definition) is 3. The molecule has 5 heteroatoms. The van der Waals surface area contributed by atoms with Gasteiger partial charge in [0.1, 0.15) is 0 Å². The van der Waals surface area contributed by atoms with E-state index in [1.807, 2.05) is 29.4 Å². The molecule has 0 bridgehead atoms. The van der Waals surface area contributed by atoms with Crippen LogP contribution in [0.15, 0.2) is 24.5 Å². The van der Waals surface area contributed by atoms with Crippen molar-refractivity contribution in [3.63, 3.8) is 0 Å². The number of pyridine rings is 1. The first kappa shape index (κ1) is 15.6. The summed E-state index contributed by atoms with van der Waals surface area (Å²) < 4.78 is 0. The minimum absolute atomic E-state index is 0.0877. The highest BCUT2D eigenvalue weighted by Gasteiger charge is 2.22. The summed E-state index contributed by atoms with van der Waals surface area (Å²) in [6, 6.07) is 4.43. The Labute approximate surface area is 127 Å². The van der Waals surface area contributed by atoms with Crippen LogP contribution < -0.4 is 10.2 Å². The molecule has 2 amide bonds. The van der Waals surface area contributed by atoms with Crippen molar-refractivity contribution in [1.82, 2.24) is 15.2 Å². The maximum Gasteiger partial charge on any atom is 0.317 e. The monoisotopic (exact) mass is 290 g/mol. The first-order valence-corrected chi connectivity index (χ1v) is 7.95. The van der Waals surface area contributed by atoms with Gasteiger partial charge in [-0.1, -0.05) is 20.3 Å². The first-order valence-electron chi connectivity index (χ1n) is 7.95. The molecule has 5 nitrogen and oxygen atoms in total. The summed E-state index contributed by atoms with van der Waals surface area (Å²) in [5.41, 5.74) is 1.18. The van der Waals surface area contributed by atoms with Gasteiger partial charge in [-0.05, 0) is 25.0 Å². The van der Waals surface area contributed by atoms with Crippen LogP contribution in [0.4, 0.5) is 10.5 Å². The van der Waals surface area contributed by atoms with Crippen molar-refractivity contribution in [2.45, 2.75) is 39.2 Å². The SMILES string of the molecule is CCC[C@@H](CC)NC(=O)N1CCN(c2ccncc2)CC1. The maximum absolute atomic E-state index is 12.3. The number of carbonyl (C=O) groups excluding carboxylic acids is 1. The number of piperazine rings is 1. The molecular weight excluding hydrogens is 264 g/mol. The molecule has 1 aliphatic heterocycles. The largest absolute Gasteiger partial charge is 0.368 e. The smallest absolute Gasteiger partial charge is 0.317 e. The van der Waals surface area contributed by atoms with Crippen LogP contribution in [0.5, 0.6) is 0 Å². The Balaban J connectivity index is 1.82. The Morgan fingerprint density at radius 3 is 2.48 bits per heavy atom. The van der Waals surface area contributed by atoms with Crippen molar-refractivity contribution >= 4 is 11.7 Å². The third-order valence-corrected chi connectivity index (χ3v) is 4.05. The number of nitrogens with one attached hydrogen (secondary N) is 1. The van der Waals surface area contributed by atoms with E-state index in [-0.39, 0.29) is 6.03 Å². The molecule has 1 aliphatic rings. The molecule has 1 fully saturated rings. The summed E-state index contributed by atoms with van der Waals surface area (Å²) in [6.07, 6.45) is 6.78. The average molecular weight is 290 g/mol. The number of nitrogens with zero attached hydrogens (tertiary/aromatic N) is 3. The minimum atomic E-state index is 0.0877. The van der Waals surface area contributed by atoms with Gasteiger partial charge in [0.15, 0.2) is 0 Å². The van der Waals surface area contributed by atoms with E-state index < -0.39 is 0 Å². The predicted molar refractivity (Wildman–Crippen MR) is 85.5 cm³/mol. The molecule has 116 valence electrons. The van der Waals surface area contributed by atoms with Crippen LogP contribution in [-0.2, 0) is 0 Å². The fourth-order valence-corrected chi connectivity index (χ4v) is 2.72. The second kappa shape index (κ2) is 7.86. The van der Waals surface area contributed by atoms with E-state index in [4.69, 9.17) is 0 Å². The number of aromatic nitrogens is 1. The van der Waals surface area contributed by atoms with E-state index in [9.17, 15) is 4.79 Å². The highest BCUT2D eigenvalue weighted by Crippen LogP contribution is 2.15. The molecule has 0 aromatic carbocycles. The van der Waals surface area contributed by atoms with E-state index in [0.29, 0.717) is 6.04 Å². The molecule has 2 heterocycles. The molecule has 0 spiro atoms. The first-order chi connectivity index (χ1) is 10.2. The van der Waals surface area contributed by atoms with Gasteiger partial charge in [-0.2, -0.15) is 0 Å². The quantitative estimate of drug-likeness (QED) is 0.906. The van der Waals surface area contributed by atoms with Crippen molar-refractivity contribution in [2.24, 2.45) is 0 Å². The molecule has 0 aliphatic carbocycles. The zero-order chi connectivity index (χ0) is 15.1. The zero-order valence-corrected chi connectivity index (χ0v) is 13.1. The summed E-state index contributed by atoms with van der Waals surface area (Å²) in [5, 5.41) is 3.15. The fraction of sp³-hybridized carbons (Fsp3) is 0.625. The normalized spacial score (nSPS) is 16.7. The van der Waals surface area contributed by atoms with Crippen molar-refractivity contribution in [3.05, 3.63) is 24.5 Å². The van der Waals surface area contributed by atoms with Crippen LogP contribution in [0.25, 0.3) is 0 Å². The molecule has 0 saturated carbocycles. The van der Waals surface area contributed by atoms with Gasteiger partial charge in [-0.25, -0.2) is 4.79 Å². The number of hydrogen-bond donors (Lipinski definition) is 1. The highest BCUT2D eigenvalue weighted by atomic mass is 16.2. The highest BCUT2D eigenvalue weighted by molar-refractivity contribution is 5.75. The van der Waals surface area contributed by atoms with Crippen molar-refractivity contribution in [3.8, 4) is 0 Å². The molecule has 1 aromatic heterocycles. The topological polar surface area (TPSA) is 48.5 Å². The van der Waals surface area contributed by atoms with Crippen molar-refractivity contribution in [1.29, 1.82) is 0 Å². The molecule has 1 N–H and O–H groups in total. The van der Waals surface area contributed by atoms with Crippen molar-refractivity contribution < 1.29 is 4.79 Å². The standard InChI is InChI=1S/C16H26N4O/c1-3-5-14(4-2)18-16(21)20-12-10-19(11-13-20)15-6-8-17-9-7-15/h6-9,14H,3-5,10-13H2,1-2H3,(H,18,21)/t14-/m1/s1. The van der Waals surface area contributed by atoms with Crippen LogP contribution in [0.1, 0.15) is 33.1 Å². The lowest BCUT2D eigenvalue weighted by Crippen LogP contribution is -2.53. The van der Waals surface area contributed by atoms with Gasteiger partial charge < -0.3 is 15.1 Å². The van der Waals surface area contributed by atoms with E-state index in [1.54, 1.807) is 0 Å². The van der Waals surface area contributed by atoms with E-state index in [2.05, 4.69) is 29.0 Å². The summed E-state index contributed by atoms with van der Waals surface area (Å²) in [6.45, 7) is 7.59. The summed E-state index contributed by atoms with van der Waals surface area (Å²) in [5.74, 6) is 0. The lowest BCUT2D eigenvalue weighted by molar-refractivity contribution is 0.189. The van der Waals surface area contributed by atoms with Crippen LogP contribution in [-0.4, -0.2) is 48.1 Å². The third kappa shape index (κ3) is 4.34. The molecule has 1 aromatic rings. The maximum atomic E-state index is 12.3. The number of urea groups is 1. The molecule has 0 unspecified atom stereocenters. The lowest BCUT2D eigenvalue weighted by atomic mass is 10.1. The molecule has 1 saturated heterocycles. The van der Waals surface area contributed by atoms with Gasteiger partial charge in [-0.3, -0.25) is 4.98 Å². The second-order valence-electron chi connectivity index (χ2n) is 5.52. The van der Waals surface area contributed by atoms with Crippen molar-refractivity contribution in [2.75, 3.05) is 31.1 Å². The van der Waals surface area contributed by atoms with Gasteiger partial charge in [0.2, 0.25) is 0 Å². The fourth-order valence-electron chi connectivity index (χ4n) is 2.72. The molecule has 2 rings (SSSR count). The summed E-state index contributed by atoms with van der Waals surface area (Å²) in [7, 11) is 0. The Bertz CT molecular complexity index is 429. The Morgan fingerprint density at radius 1 is 1.24 bits per heavy atom. The number of carbonyl (C=O) groups is 1. The molecule has 1 atom stereocenters.